The number of fused-ring (bicyclic) bond motifs is 4. The van der Waals surface area contributed by atoms with Gasteiger partial charge in [0, 0.05) is 52.6 Å². The van der Waals surface area contributed by atoms with E-state index in [-0.39, 0.29) is 23.2 Å². The van der Waals surface area contributed by atoms with Gasteiger partial charge in [-0.3, -0.25) is 9.69 Å². The molecule has 5 atom stereocenters. The molecular weight excluding hydrogens is 608 g/mol. The summed E-state index contributed by atoms with van der Waals surface area (Å²) in [6.45, 7) is 10.4. The zero-order valence-corrected chi connectivity index (χ0v) is 29.1. The van der Waals surface area contributed by atoms with Crippen LogP contribution in [0.4, 0.5) is 0 Å². The zero-order chi connectivity index (χ0) is 33.5. The van der Waals surface area contributed by atoms with Crippen LogP contribution in [0.25, 0.3) is 0 Å². The van der Waals surface area contributed by atoms with E-state index in [0.29, 0.717) is 61.8 Å². The number of rotatable bonds is 11. The SMILES string of the molecule is CC(=O)O[C@H](CCc1ccc(O)c(OC2CCNCC2)c1)C[C@@H](O)CC[C@@H]1CNC(N)=NCN2C[C@H]3C[C@H](C2)CN(C3)CC12CCCC2. The van der Waals surface area contributed by atoms with E-state index in [9.17, 15) is 15.0 Å². The van der Waals surface area contributed by atoms with E-state index in [1.807, 2.05) is 12.1 Å². The molecule has 1 saturated carbocycles. The Labute approximate surface area is 287 Å². The molecule has 6 N–H and O–H groups in total. The van der Waals surface area contributed by atoms with E-state index in [1.165, 1.54) is 52.1 Å². The molecule has 3 saturated heterocycles. The second-order valence-electron chi connectivity index (χ2n) is 15.6. The van der Waals surface area contributed by atoms with Crippen LogP contribution in [0.2, 0.25) is 0 Å². The highest BCUT2D eigenvalue weighted by Gasteiger charge is 2.44. The van der Waals surface area contributed by atoms with Crippen LogP contribution in [-0.4, -0.2) is 109 Å². The third-order valence-corrected chi connectivity index (χ3v) is 11.8. The van der Waals surface area contributed by atoms with Gasteiger partial charge in [-0.2, -0.15) is 0 Å². The number of phenolic OH excluding ortho intramolecular Hbond substituents is 1. The number of benzene rings is 1. The maximum absolute atomic E-state index is 12.1. The number of carbonyl (C=O) groups is 1. The second-order valence-corrected chi connectivity index (χ2v) is 15.6. The van der Waals surface area contributed by atoms with Gasteiger partial charge < -0.3 is 41.0 Å². The summed E-state index contributed by atoms with van der Waals surface area (Å²) in [4.78, 5) is 22.1. The van der Waals surface area contributed by atoms with Gasteiger partial charge in [0.2, 0.25) is 0 Å². The quantitative estimate of drug-likeness (QED) is 0.223. The maximum Gasteiger partial charge on any atom is 0.302 e. The molecule has 5 heterocycles. The number of phenols is 1. The molecule has 11 heteroatoms. The second kappa shape index (κ2) is 16.4. The first-order valence-electron chi connectivity index (χ1n) is 18.8. The highest BCUT2D eigenvalue weighted by atomic mass is 16.5. The Kier molecular flexibility index (Phi) is 12.0. The highest BCUT2D eigenvalue weighted by molar-refractivity contribution is 5.77. The summed E-state index contributed by atoms with van der Waals surface area (Å²) in [5.41, 5.74) is 7.62. The predicted molar refractivity (Wildman–Crippen MR) is 187 cm³/mol. The van der Waals surface area contributed by atoms with Crippen LogP contribution < -0.4 is 21.1 Å². The van der Waals surface area contributed by atoms with Gasteiger partial charge in [0.25, 0.3) is 0 Å². The van der Waals surface area contributed by atoms with Crippen molar-refractivity contribution in [3.05, 3.63) is 23.8 Å². The summed E-state index contributed by atoms with van der Waals surface area (Å²) in [7, 11) is 0. The smallest absolute Gasteiger partial charge is 0.302 e. The Balaban J connectivity index is 1.08. The fourth-order valence-electron chi connectivity index (χ4n) is 9.55. The molecule has 0 unspecified atom stereocenters. The molecule has 0 radical (unpaired) electrons. The van der Waals surface area contributed by atoms with E-state index in [2.05, 4.69) is 20.4 Å². The summed E-state index contributed by atoms with van der Waals surface area (Å²) >= 11 is 0. The van der Waals surface area contributed by atoms with E-state index < -0.39 is 12.2 Å². The first kappa shape index (κ1) is 35.2. The van der Waals surface area contributed by atoms with Gasteiger partial charge in [-0.1, -0.05) is 18.9 Å². The number of carbonyl (C=O) groups excluding carboxylic acids is 1. The van der Waals surface area contributed by atoms with Gasteiger partial charge in [0.15, 0.2) is 17.5 Å². The van der Waals surface area contributed by atoms with E-state index in [0.717, 1.165) is 64.1 Å². The molecule has 7 rings (SSSR count). The number of esters is 1. The first-order chi connectivity index (χ1) is 23.2. The number of hydrogen-bond acceptors (Lipinski definition) is 11. The number of nitrogens with one attached hydrogen (secondary N) is 2. The molecule has 11 nitrogen and oxygen atoms in total. The molecule has 268 valence electrons. The van der Waals surface area contributed by atoms with Gasteiger partial charge in [0.05, 0.1) is 12.8 Å². The topological polar surface area (TPSA) is 145 Å². The lowest BCUT2D eigenvalue weighted by molar-refractivity contribution is -0.148. The fourth-order valence-corrected chi connectivity index (χ4v) is 9.55. The van der Waals surface area contributed by atoms with Crippen LogP contribution in [0, 0.1) is 23.2 Å². The van der Waals surface area contributed by atoms with E-state index in [4.69, 9.17) is 20.2 Å². The average molecular weight is 669 g/mol. The van der Waals surface area contributed by atoms with Gasteiger partial charge in [-0.25, -0.2) is 4.99 Å². The van der Waals surface area contributed by atoms with Crippen LogP contribution in [0.3, 0.4) is 0 Å². The summed E-state index contributed by atoms with van der Waals surface area (Å²) < 4.78 is 11.9. The van der Waals surface area contributed by atoms with Gasteiger partial charge in [-0.15, -0.1) is 0 Å². The Morgan fingerprint density at radius 2 is 1.83 bits per heavy atom. The Bertz CT molecular complexity index is 1220. The van der Waals surface area contributed by atoms with E-state index in [1.54, 1.807) is 6.07 Å². The zero-order valence-electron chi connectivity index (χ0n) is 29.1. The number of aliphatic hydroxyl groups excluding tert-OH is 1. The van der Waals surface area contributed by atoms with Gasteiger partial charge in [-0.05, 0) is 112 Å². The molecular formula is C37H60N6O5. The van der Waals surface area contributed by atoms with Crippen molar-refractivity contribution >= 4 is 11.9 Å². The number of ether oxygens (including phenoxy) is 2. The standard InChI is InChI=1S/C37H60N6O5/c1-26(44)47-33(8-4-27-5-9-34(46)35(17-27)48-32-10-14-39-15-11-32)18-31(45)7-6-30-19-40-36(38)41-25-43-22-28-16-29(23-43)21-42(20-28)24-37(30)12-2-3-13-37/h5,9,17,28-33,39,45-46H,2-4,6-8,10-16,18-25H2,1H3,(H3,38,40,41)/t28-,29-,30+,31-,33+/m0/s1. The molecule has 1 spiro atoms. The molecule has 4 bridgehead atoms. The van der Waals surface area contributed by atoms with E-state index >= 15 is 0 Å². The van der Waals surface area contributed by atoms with Crippen LogP contribution >= 0.6 is 0 Å². The lowest BCUT2D eigenvalue weighted by Crippen LogP contribution is -2.55. The lowest BCUT2D eigenvalue weighted by Gasteiger charge is -2.49. The normalized spacial score (nSPS) is 30.4. The van der Waals surface area contributed by atoms with Crippen LogP contribution in [0.1, 0.15) is 83.1 Å². The monoisotopic (exact) mass is 668 g/mol. The van der Waals surface area contributed by atoms with Crippen molar-refractivity contribution in [2.75, 3.05) is 59.0 Å². The molecule has 4 fully saturated rings. The molecule has 1 aromatic rings. The number of aryl methyl sites for hydroxylation is 1. The van der Waals surface area contributed by atoms with Crippen LogP contribution in [0.15, 0.2) is 23.2 Å². The number of aromatic hydroxyl groups is 1. The minimum atomic E-state index is -0.582. The fraction of sp³-hybridized carbons (Fsp3) is 0.784. The highest BCUT2D eigenvalue weighted by Crippen LogP contribution is 2.48. The average Bonchev–Trinajstić information content (AvgIpc) is 3.52. The number of nitrogens with zero attached hydrogens (tertiary/aromatic N) is 3. The Morgan fingerprint density at radius 3 is 2.56 bits per heavy atom. The molecule has 1 aliphatic carbocycles. The number of guanidine groups is 1. The summed E-state index contributed by atoms with van der Waals surface area (Å²) in [6, 6.07) is 5.48. The third kappa shape index (κ3) is 9.55. The van der Waals surface area contributed by atoms with Crippen molar-refractivity contribution in [2.45, 2.75) is 102 Å². The molecule has 6 aliphatic rings. The van der Waals surface area contributed by atoms with Gasteiger partial charge >= 0.3 is 5.97 Å². The Hall–Kier alpha value is -2.60. The first-order valence-corrected chi connectivity index (χ1v) is 18.8. The Morgan fingerprint density at radius 1 is 1.10 bits per heavy atom. The van der Waals surface area contributed by atoms with Crippen molar-refractivity contribution in [1.82, 2.24) is 20.4 Å². The minimum absolute atomic E-state index is 0.0871. The molecule has 5 aliphatic heterocycles. The summed E-state index contributed by atoms with van der Waals surface area (Å²) in [6.07, 6.45) is 10.4. The predicted octanol–water partition coefficient (Wildman–Crippen LogP) is 3.22. The van der Waals surface area contributed by atoms with Gasteiger partial charge in [0.1, 0.15) is 12.2 Å². The maximum atomic E-state index is 12.1. The van der Waals surface area contributed by atoms with Crippen LogP contribution in [-0.2, 0) is 16.0 Å². The number of aliphatic imine (C=N–C) groups is 1. The molecule has 0 amide bonds. The number of hydrogen-bond donors (Lipinski definition) is 5. The molecule has 0 aromatic heterocycles. The number of nitrogens with two attached hydrogens (primary N) is 1. The molecule has 1 aromatic carbocycles. The van der Waals surface area contributed by atoms with Crippen molar-refractivity contribution in [2.24, 2.45) is 33.9 Å². The van der Waals surface area contributed by atoms with Crippen molar-refractivity contribution < 1.29 is 24.5 Å². The summed E-state index contributed by atoms with van der Waals surface area (Å²) in [5.74, 6) is 2.61. The number of aliphatic hydroxyl groups is 1. The third-order valence-electron chi connectivity index (χ3n) is 11.8. The lowest BCUT2D eigenvalue weighted by atomic mass is 9.70. The number of piperidine rings is 3. The van der Waals surface area contributed by atoms with Crippen molar-refractivity contribution in [1.29, 1.82) is 0 Å². The van der Waals surface area contributed by atoms with Crippen molar-refractivity contribution in [3.63, 3.8) is 0 Å². The van der Waals surface area contributed by atoms with Crippen LogP contribution in [0.5, 0.6) is 11.5 Å². The summed E-state index contributed by atoms with van der Waals surface area (Å²) in [5, 5.41) is 28.7. The minimum Gasteiger partial charge on any atom is -0.504 e. The van der Waals surface area contributed by atoms with Crippen molar-refractivity contribution in [3.8, 4) is 11.5 Å². The molecule has 48 heavy (non-hydrogen) atoms. The largest absolute Gasteiger partial charge is 0.504 e.